The monoisotopic (exact) mass is 329 g/mol. The number of aryl methyl sites for hydroxylation is 1. The first kappa shape index (κ1) is 15.2. The van der Waals surface area contributed by atoms with E-state index in [4.69, 9.17) is 10.5 Å². The molecule has 6 nitrogen and oxygen atoms in total. The van der Waals surface area contributed by atoms with Gasteiger partial charge in [0.05, 0.1) is 12.2 Å². The molecule has 0 saturated heterocycles. The number of nitrogens with zero attached hydrogens (tertiary/aromatic N) is 2. The van der Waals surface area contributed by atoms with Crippen LogP contribution in [0.3, 0.4) is 0 Å². The van der Waals surface area contributed by atoms with E-state index >= 15 is 0 Å². The number of allylic oxidation sites excluding steroid dienone is 4. The SMILES string of the molecule is CCOC1=CC(=Cc2c(N)n3cc(C)sc3nc2=O)C=CC1=O. The first-order chi connectivity index (χ1) is 11.0. The van der Waals surface area contributed by atoms with Gasteiger partial charge in [-0.3, -0.25) is 14.0 Å². The van der Waals surface area contributed by atoms with Crippen molar-refractivity contribution in [3.8, 4) is 0 Å². The van der Waals surface area contributed by atoms with Crippen molar-refractivity contribution in [1.82, 2.24) is 9.38 Å². The van der Waals surface area contributed by atoms with Gasteiger partial charge in [0.1, 0.15) is 5.82 Å². The van der Waals surface area contributed by atoms with Crippen molar-refractivity contribution in [3.05, 3.63) is 56.6 Å². The third-order valence-corrected chi connectivity index (χ3v) is 4.21. The summed E-state index contributed by atoms with van der Waals surface area (Å²) in [6.07, 6.45) is 8.08. The van der Waals surface area contributed by atoms with Crippen molar-refractivity contribution in [3.63, 3.8) is 0 Å². The second-order valence-electron chi connectivity index (χ2n) is 4.99. The number of aromatic nitrogens is 2. The standard InChI is InChI=1S/C16H15N3O3S/c1-3-22-13-7-10(4-5-12(13)20)6-11-14(17)19-8-9(2)23-16(19)18-15(11)21/h4-8H,3,17H2,1-2H3. The number of thiazole rings is 1. The summed E-state index contributed by atoms with van der Waals surface area (Å²) < 4.78 is 6.98. The average Bonchev–Trinajstić information content (AvgIpc) is 2.87. The number of hydrogen-bond acceptors (Lipinski definition) is 6. The highest BCUT2D eigenvalue weighted by Gasteiger charge is 2.15. The van der Waals surface area contributed by atoms with Crippen LogP contribution in [0.1, 0.15) is 17.4 Å². The van der Waals surface area contributed by atoms with E-state index in [1.165, 1.54) is 17.4 Å². The summed E-state index contributed by atoms with van der Waals surface area (Å²) in [4.78, 5) is 29.5. The number of carbonyl (C=O) groups is 1. The molecule has 0 amide bonds. The van der Waals surface area contributed by atoms with Crippen LogP contribution in [0.25, 0.3) is 11.0 Å². The topological polar surface area (TPSA) is 86.7 Å². The Labute approximate surface area is 136 Å². The maximum absolute atomic E-state index is 12.2. The second kappa shape index (κ2) is 5.85. The summed E-state index contributed by atoms with van der Waals surface area (Å²) in [6, 6.07) is 0. The van der Waals surface area contributed by atoms with Crippen LogP contribution in [0.5, 0.6) is 0 Å². The van der Waals surface area contributed by atoms with E-state index in [-0.39, 0.29) is 11.5 Å². The zero-order chi connectivity index (χ0) is 16.6. The minimum Gasteiger partial charge on any atom is -0.490 e. The van der Waals surface area contributed by atoms with Crippen LogP contribution in [0.15, 0.2) is 40.6 Å². The van der Waals surface area contributed by atoms with Gasteiger partial charge in [-0.15, -0.1) is 11.3 Å². The number of rotatable bonds is 3. The van der Waals surface area contributed by atoms with E-state index in [1.54, 1.807) is 29.6 Å². The number of fused-ring (bicyclic) bond motifs is 1. The van der Waals surface area contributed by atoms with Gasteiger partial charge in [-0.05, 0) is 37.6 Å². The third-order valence-electron chi connectivity index (χ3n) is 3.31. The molecule has 0 atom stereocenters. The minimum atomic E-state index is -0.395. The maximum Gasteiger partial charge on any atom is 0.283 e. The Bertz CT molecular complexity index is 947. The molecule has 0 aromatic carbocycles. The van der Waals surface area contributed by atoms with E-state index in [1.807, 2.05) is 13.1 Å². The molecule has 0 unspecified atom stereocenters. The molecule has 2 aromatic rings. The van der Waals surface area contributed by atoms with Crippen LogP contribution in [-0.4, -0.2) is 21.8 Å². The van der Waals surface area contributed by atoms with E-state index in [2.05, 4.69) is 4.98 Å². The van der Waals surface area contributed by atoms with Crippen LogP contribution in [0.4, 0.5) is 5.82 Å². The number of hydrogen-bond donors (Lipinski definition) is 1. The predicted octanol–water partition coefficient (Wildman–Crippen LogP) is 2.09. The quantitative estimate of drug-likeness (QED) is 0.932. The van der Waals surface area contributed by atoms with E-state index in [0.29, 0.717) is 28.5 Å². The van der Waals surface area contributed by atoms with Gasteiger partial charge in [-0.25, -0.2) is 0 Å². The number of ether oxygens (including phenoxy) is 1. The lowest BCUT2D eigenvalue weighted by Gasteiger charge is -2.10. The van der Waals surface area contributed by atoms with Gasteiger partial charge in [0.25, 0.3) is 5.56 Å². The second-order valence-corrected chi connectivity index (χ2v) is 6.21. The third kappa shape index (κ3) is 2.83. The Morgan fingerprint density at radius 1 is 1.39 bits per heavy atom. The number of ketones is 1. The molecule has 118 valence electrons. The Kier molecular flexibility index (Phi) is 3.87. The fraction of sp³-hybridized carbons (Fsp3) is 0.188. The van der Waals surface area contributed by atoms with Crippen LogP contribution in [0, 0.1) is 6.92 Å². The van der Waals surface area contributed by atoms with Crippen LogP contribution < -0.4 is 11.3 Å². The molecule has 7 heteroatoms. The van der Waals surface area contributed by atoms with Crippen molar-refractivity contribution in [2.75, 3.05) is 12.3 Å². The number of carbonyl (C=O) groups excluding carboxylic acids is 1. The molecular formula is C16H15N3O3S. The van der Waals surface area contributed by atoms with E-state index in [9.17, 15) is 9.59 Å². The summed E-state index contributed by atoms with van der Waals surface area (Å²) in [6.45, 7) is 4.12. The predicted molar refractivity (Wildman–Crippen MR) is 90.3 cm³/mol. The number of anilines is 1. The van der Waals surface area contributed by atoms with Gasteiger partial charge in [0.2, 0.25) is 5.78 Å². The number of nitrogens with two attached hydrogens (primary N) is 1. The highest BCUT2D eigenvalue weighted by Crippen LogP contribution is 2.22. The molecule has 0 spiro atoms. The van der Waals surface area contributed by atoms with Gasteiger partial charge in [-0.2, -0.15) is 4.98 Å². The molecule has 2 heterocycles. The zero-order valence-electron chi connectivity index (χ0n) is 12.7. The van der Waals surface area contributed by atoms with Gasteiger partial charge >= 0.3 is 0 Å². The minimum absolute atomic E-state index is 0.198. The molecule has 3 rings (SSSR count). The maximum atomic E-state index is 12.2. The van der Waals surface area contributed by atoms with Crippen molar-refractivity contribution in [2.24, 2.45) is 0 Å². The average molecular weight is 329 g/mol. The Hall–Kier alpha value is -2.67. The fourth-order valence-electron chi connectivity index (χ4n) is 2.28. The largest absolute Gasteiger partial charge is 0.490 e. The van der Waals surface area contributed by atoms with Crippen LogP contribution >= 0.6 is 11.3 Å². The van der Waals surface area contributed by atoms with Gasteiger partial charge in [-0.1, -0.05) is 6.08 Å². The van der Waals surface area contributed by atoms with Crippen LogP contribution in [0.2, 0.25) is 0 Å². The van der Waals surface area contributed by atoms with Crippen molar-refractivity contribution in [1.29, 1.82) is 0 Å². The summed E-state index contributed by atoms with van der Waals surface area (Å²) in [7, 11) is 0. The molecule has 0 radical (unpaired) electrons. The molecule has 1 aliphatic rings. The first-order valence-electron chi connectivity index (χ1n) is 7.06. The highest BCUT2D eigenvalue weighted by atomic mass is 32.1. The molecule has 2 aromatic heterocycles. The Balaban J connectivity index is 2.12. The molecule has 2 N–H and O–H groups in total. The van der Waals surface area contributed by atoms with Crippen molar-refractivity contribution >= 4 is 34.0 Å². The van der Waals surface area contributed by atoms with Gasteiger partial charge < -0.3 is 10.5 Å². The summed E-state index contributed by atoms with van der Waals surface area (Å²) in [5, 5.41) is 0. The lowest BCUT2D eigenvalue weighted by molar-refractivity contribution is -0.114. The van der Waals surface area contributed by atoms with Gasteiger partial charge in [0.15, 0.2) is 10.7 Å². The molecule has 0 aliphatic heterocycles. The fourth-order valence-corrected chi connectivity index (χ4v) is 3.10. The lowest BCUT2D eigenvalue weighted by Crippen LogP contribution is -2.16. The summed E-state index contributed by atoms with van der Waals surface area (Å²) >= 11 is 1.40. The Morgan fingerprint density at radius 2 is 2.17 bits per heavy atom. The molecule has 23 heavy (non-hydrogen) atoms. The lowest BCUT2D eigenvalue weighted by atomic mass is 10.0. The normalized spacial score (nSPS) is 16.2. The van der Waals surface area contributed by atoms with Crippen molar-refractivity contribution < 1.29 is 9.53 Å². The number of nitrogen functional groups attached to an aromatic ring is 1. The molecule has 0 fully saturated rings. The van der Waals surface area contributed by atoms with Crippen LogP contribution in [-0.2, 0) is 9.53 Å². The van der Waals surface area contributed by atoms with E-state index < -0.39 is 5.56 Å². The molecule has 0 saturated carbocycles. The first-order valence-corrected chi connectivity index (χ1v) is 7.88. The van der Waals surface area contributed by atoms with Crippen molar-refractivity contribution in [2.45, 2.75) is 13.8 Å². The highest BCUT2D eigenvalue weighted by molar-refractivity contribution is 7.16. The molecular weight excluding hydrogens is 314 g/mol. The Morgan fingerprint density at radius 3 is 2.91 bits per heavy atom. The zero-order valence-corrected chi connectivity index (χ0v) is 13.5. The summed E-state index contributed by atoms with van der Waals surface area (Å²) in [5.74, 6) is 0.379. The van der Waals surface area contributed by atoms with E-state index in [0.717, 1.165) is 4.88 Å². The smallest absolute Gasteiger partial charge is 0.283 e. The molecule has 0 bridgehead atoms. The van der Waals surface area contributed by atoms with Gasteiger partial charge in [0, 0.05) is 11.1 Å². The summed E-state index contributed by atoms with van der Waals surface area (Å²) in [5.41, 5.74) is 6.67. The molecule has 1 aliphatic carbocycles.